The molecule has 0 aromatic rings. The molecule has 90 valence electrons. The summed E-state index contributed by atoms with van der Waals surface area (Å²) in [5, 5.41) is 0. The van der Waals surface area contributed by atoms with Gasteiger partial charge in [-0.25, -0.2) is 0 Å². The summed E-state index contributed by atoms with van der Waals surface area (Å²) in [5.41, 5.74) is -2.40. The van der Waals surface area contributed by atoms with Crippen molar-refractivity contribution in [1.29, 1.82) is 0 Å². The van der Waals surface area contributed by atoms with Gasteiger partial charge in [0.05, 0.1) is 18.6 Å². The van der Waals surface area contributed by atoms with Crippen LogP contribution in [0, 0.1) is 10.8 Å². The average Bonchev–Trinajstić information content (AvgIpc) is 2.88. The standard InChI is InChI=1S/C11H16O5/c1-4-15-8(13)11(9(14)16-5-2)6-10(11,3)7-12/h7H,4-6H2,1-3H3/t10-/m0/s1. The Kier molecular flexibility index (Phi) is 3.35. The van der Waals surface area contributed by atoms with Crippen LogP contribution in [-0.4, -0.2) is 31.4 Å². The number of esters is 2. The summed E-state index contributed by atoms with van der Waals surface area (Å²) in [6, 6.07) is 0. The maximum absolute atomic E-state index is 11.7. The second-order valence-corrected chi connectivity index (χ2v) is 4.06. The van der Waals surface area contributed by atoms with E-state index in [-0.39, 0.29) is 19.6 Å². The smallest absolute Gasteiger partial charge is 0.324 e. The van der Waals surface area contributed by atoms with E-state index in [9.17, 15) is 14.4 Å². The molecule has 0 N–H and O–H groups in total. The lowest BCUT2D eigenvalue weighted by atomic mass is 9.95. The van der Waals surface area contributed by atoms with Crippen LogP contribution in [0.1, 0.15) is 27.2 Å². The maximum atomic E-state index is 11.7. The first-order valence-electron chi connectivity index (χ1n) is 5.29. The molecular formula is C11H16O5. The highest BCUT2D eigenvalue weighted by molar-refractivity contribution is 6.08. The van der Waals surface area contributed by atoms with E-state index in [1.54, 1.807) is 20.8 Å². The summed E-state index contributed by atoms with van der Waals surface area (Å²) >= 11 is 0. The molecule has 0 radical (unpaired) electrons. The van der Waals surface area contributed by atoms with Gasteiger partial charge >= 0.3 is 11.9 Å². The van der Waals surface area contributed by atoms with Gasteiger partial charge in [-0.3, -0.25) is 9.59 Å². The molecule has 0 saturated heterocycles. The molecule has 1 saturated carbocycles. The topological polar surface area (TPSA) is 69.7 Å². The van der Waals surface area contributed by atoms with Crippen LogP contribution in [0.4, 0.5) is 0 Å². The zero-order valence-corrected chi connectivity index (χ0v) is 9.74. The van der Waals surface area contributed by atoms with Crippen LogP contribution in [0.5, 0.6) is 0 Å². The van der Waals surface area contributed by atoms with Crippen molar-refractivity contribution in [2.45, 2.75) is 27.2 Å². The second-order valence-electron chi connectivity index (χ2n) is 4.06. The average molecular weight is 228 g/mol. The molecule has 16 heavy (non-hydrogen) atoms. The van der Waals surface area contributed by atoms with Gasteiger partial charge in [0, 0.05) is 0 Å². The number of ether oxygens (including phenoxy) is 2. The van der Waals surface area contributed by atoms with Crippen LogP contribution in [0.2, 0.25) is 0 Å². The summed E-state index contributed by atoms with van der Waals surface area (Å²) in [6.45, 7) is 5.21. The Bertz CT molecular complexity index is 304. The number of aldehydes is 1. The molecule has 1 fully saturated rings. The number of hydrogen-bond acceptors (Lipinski definition) is 5. The van der Waals surface area contributed by atoms with Crippen molar-refractivity contribution in [2.75, 3.05) is 13.2 Å². The van der Waals surface area contributed by atoms with Crippen molar-refractivity contribution < 1.29 is 23.9 Å². The van der Waals surface area contributed by atoms with Crippen LogP contribution in [-0.2, 0) is 23.9 Å². The summed E-state index contributed by atoms with van der Waals surface area (Å²) in [4.78, 5) is 34.4. The Morgan fingerprint density at radius 1 is 1.19 bits per heavy atom. The lowest BCUT2D eigenvalue weighted by molar-refractivity contribution is -0.166. The highest BCUT2D eigenvalue weighted by atomic mass is 16.6. The molecule has 0 aliphatic heterocycles. The summed E-state index contributed by atoms with van der Waals surface area (Å²) in [5.74, 6) is -1.33. The van der Waals surface area contributed by atoms with Crippen molar-refractivity contribution in [1.82, 2.24) is 0 Å². The normalized spacial score (nSPS) is 25.7. The predicted octanol–water partition coefficient (Wildman–Crippen LogP) is 0.708. The first-order chi connectivity index (χ1) is 7.48. The van der Waals surface area contributed by atoms with E-state index in [4.69, 9.17) is 9.47 Å². The van der Waals surface area contributed by atoms with Crippen molar-refractivity contribution in [3.63, 3.8) is 0 Å². The first-order valence-corrected chi connectivity index (χ1v) is 5.29. The highest BCUT2D eigenvalue weighted by Crippen LogP contribution is 2.63. The zero-order chi connectivity index (χ0) is 12.4. The van der Waals surface area contributed by atoms with E-state index in [1.165, 1.54) is 0 Å². The summed E-state index contributed by atoms with van der Waals surface area (Å²) in [6.07, 6.45) is 0.794. The quantitative estimate of drug-likeness (QED) is 0.393. The van der Waals surface area contributed by atoms with Gasteiger partial charge in [0.1, 0.15) is 6.29 Å². The number of carbonyl (C=O) groups is 3. The molecule has 0 aromatic heterocycles. The fourth-order valence-corrected chi connectivity index (χ4v) is 1.85. The van der Waals surface area contributed by atoms with E-state index in [0.717, 1.165) is 0 Å². The fraction of sp³-hybridized carbons (Fsp3) is 0.727. The van der Waals surface area contributed by atoms with Crippen molar-refractivity contribution >= 4 is 18.2 Å². The lowest BCUT2D eigenvalue weighted by Crippen LogP contribution is -2.35. The fourth-order valence-electron chi connectivity index (χ4n) is 1.85. The minimum Gasteiger partial charge on any atom is -0.465 e. The van der Waals surface area contributed by atoms with E-state index in [2.05, 4.69) is 0 Å². The molecule has 0 unspecified atom stereocenters. The van der Waals surface area contributed by atoms with E-state index in [0.29, 0.717) is 6.29 Å². The van der Waals surface area contributed by atoms with Gasteiger partial charge in [-0.15, -0.1) is 0 Å². The molecule has 1 rings (SSSR count). The Hall–Kier alpha value is -1.39. The van der Waals surface area contributed by atoms with Crippen molar-refractivity contribution in [2.24, 2.45) is 10.8 Å². The molecule has 0 aromatic carbocycles. The minimum absolute atomic E-state index is 0.168. The minimum atomic E-state index is -1.42. The molecule has 5 nitrogen and oxygen atoms in total. The third kappa shape index (κ3) is 1.60. The van der Waals surface area contributed by atoms with Gasteiger partial charge in [0.15, 0.2) is 5.41 Å². The molecule has 0 bridgehead atoms. The second kappa shape index (κ2) is 4.23. The van der Waals surface area contributed by atoms with Crippen LogP contribution in [0.25, 0.3) is 0 Å². The molecule has 1 aliphatic rings. The van der Waals surface area contributed by atoms with Gasteiger partial charge in [-0.05, 0) is 20.3 Å². The molecule has 1 atom stereocenters. The molecule has 0 amide bonds. The van der Waals surface area contributed by atoms with Gasteiger partial charge in [-0.2, -0.15) is 0 Å². The number of carbonyl (C=O) groups excluding carboxylic acids is 3. The van der Waals surface area contributed by atoms with Gasteiger partial charge in [0.2, 0.25) is 0 Å². The van der Waals surface area contributed by atoms with Gasteiger partial charge in [-0.1, -0.05) is 6.92 Å². The van der Waals surface area contributed by atoms with Crippen LogP contribution < -0.4 is 0 Å². The Morgan fingerprint density at radius 2 is 1.62 bits per heavy atom. The predicted molar refractivity (Wildman–Crippen MR) is 54.5 cm³/mol. The van der Waals surface area contributed by atoms with Gasteiger partial charge in [0.25, 0.3) is 0 Å². The number of rotatable bonds is 5. The van der Waals surface area contributed by atoms with Gasteiger partial charge < -0.3 is 14.3 Å². The zero-order valence-electron chi connectivity index (χ0n) is 9.74. The molecule has 0 heterocycles. The maximum Gasteiger partial charge on any atom is 0.324 e. The summed E-state index contributed by atoms with van der Waals surface area (Å²) in [7, 11) is 0. The molecule has 0 spiro atoms. The van der Waals surface area contributed by atoms with Crippen molar-refractivity contribution in [3.8, 4) is 0 Å². The van der Waals surface area contributed by atoms with Crippen LogP contribution in [0.15, 0.2) is 0 Å². The third-order valence-electron chi connectivity index (χ3n) is 2.99. The summed E-state index contributed by atoms with van der Waals surface area (Å²) < 4.78 is 9.67. The van der Waals surface area contributed by atoms with Crippen LogP contribution in [0.3, 0.4) is 0 Å². The monoisotopic (exact) mass is 228 g/mol. The largest absolute Gasteiger partial charge is 0.465 e. The van der Waals surface area contributed by atoms with Crippen molar-refractivity contribution in [3.05, 3.63) is 0 Å². The van der Waals surface area contributed by atoms with Crippen LogP contribution >= 0.6 is 0 Å². The molecule has 1 aliphatic carbocycles. The first kappa shape index (κ1) is 12.7. The Balaban J connectivity index is 2.94. The lowest BCUT2D eigenvalue weighted by Gasteiger charge is -2.16. The molecule has 5 heteroatoms. The highest BCUT2D eigenvalue weighted by Gasteiger charge is 2.76. The Morgan fingerprint density at radius 3 is 1.88 bits per heavy atom. The third-order valence-corrected chi connectivity index (χ3v) is 2.99. The Labute approximate surface area is 94.1 Å². The van der Waals surface area contributed by atoms with E-state index >= 15 is 0 Å². The number of hydrogen-bond donors (Lipinski definition) is 0. The van der Waals surface area contributed by atoms with E-state index < -0.39 is 22.8 Å². The SMILES string of the molecule is CCOC(=O)C1(C(=O)OCC)C[C@@]1(C)C=O. The van der Waals surface area contributed by atoms with E-state index in [1.807, 2.05) is 0 Å². The molecular weight excluding hydrogens is 212 g/mol.